The fourth-order valence-corrected chi connectivity index (χ4v) is 2.16. The number of aliphatic hydroxyl groups excluding tert-OH is 2. The van der Waals surface area contributed by atoms with Gasteiger partial charge in [0.1, 0.15) is 12.3 Å². The van der Waals surface area contributed by atoms with Crippen molar-refractivity contribution >= 4 is 22.6 Å². The average Bonchev–Trinajstić information content (AvgIpc) is 2.65. The quantitative estimate of drug-likeness (QED) is 0.580. The van der Waals surface area contributed by atoms with Gasteiger partial charge in [-0.3, -0.25) is 14.3 Å². The van der Waals surface area contributed by atoms with Gasteiger partial charge in [0.15, 0.2) is 0 Å². The minimum absolute atomic E-state index is 0.202. The summed E-state index contributed by atoms with van der Waals surface area (Å²) in [5.74, 6) is 0. The van der Waals surface area contributed by atoms with Crippen LogP contribution in [0.25, 0.3) is 0 Å². The van der Waals surface area contributed by atoms with Crippen LogP contribution < -0.4 is 11.2 Å². The molecule has 1 fully saturated rings. The Balaban J connectivity index is 2.34. The van der Waals surface area contributed by atoms with Crippen molar-refractivity contribution in [2.75, 3.05) is 6.61 Å². The highest BCUT2D eigenvalue weighted by atomic mass is 124. The van der Waals surface area contributed by atoms with E-state index >= 15 is 0 Å². The number of aromatic amines is 1. The maximum Gasteiger partial charge on any atom is 0.330 e. The Labute approximate surface area is 109 Å². The van der Waals surface area contributed by atoms with Gasteiger partial charge in [0.2, 0.25) is 0 Å². The van der Waals surface area contributed by atoms with Crippen LogP contribution in [-0.4, -0.2) is 38.6 Å². The average molecular weight is 351 g/mol. The number of nitrogens with zero attached hydrogens (tertiary/aromatic N) is 1. The second-order valence-electron chi connectivity index (χ2n) is 3.76. The summed E-state index contributed by atoms with van der Waals surface area (Å²) in [7, 11) is 0. The van der Waals surface area contributed by atoms with Crippen molar-refractivity contribution in [1.82, 2.24) is 9.55 Å². The van der Waals surface area contributed by atoms with Crippen LogP contribution in [0.5, 0.6) is 0 Å². The molecule has 17 heavy (non-hydrogen) atoms. The molecule has 3 atom stereocenters. The van der Waals surface area contributed by atoms with E-state index in [-0.39, 0.29) is 13.0 Å². The third-order valence-electron chi connectivity index (χ3n) is 2.62. The van der Waals surface area contributed by atoms with Gasteiger partial charge in [0.25, 0.3) is 5.56 Å². The minimum Gasteiger partial charge on any atom is -0.394 e. The molecule has 0 amide bonds. The van der Waals surface area contributed by atoms with E-state index in [0.29, 0.717) is 3.57 Å². The van der Waals surface area contributed by atoms with Crippen LogP contribution >= 0.6 is 22.6 Å². The van der Waals surface area contributed by atoms with Crippen LogP contribution in [0.15, 0.2) is 15.8 Å². The Morgan fingerprint density at radius 2 is 2.29 bits per heavy atom. The Morgan fingerprint density at radius 3 is 2.88 bits per heavy atom. The molecule has 1 saturated heterocycles. The van der Waals surface area contributed by atoms with Crippen LogP contribution in [0.3, 0.4) is 0 Å². The molecule has 0 radical (unpaired) electrons. The monoisotopic (exact) mass is 351 g/mol. The van der Waals surface area contributed by atoms with E-state index in [0.717, 1.165) is 0 Å². The summed E-state index contributed by atoms with van der Waals surface area (Å²) in [6.07, 6.45) is -0.607. The highest BCUT2D eigenvalue weighted by molar-refractivity contribution is 14.1. The van der Waals surface area contributed by atoms with Crippen LogP contribution in [0.4, 0.5) is 0 Å². The lowest BCUT2D eigenvalue weighted by molar-refractivity contribution is -0.0459. The molecule has 1 aromatic heterocycles. The highest BCUT2D eigenvalue weighted by Gasteiger charge is 2.34. The van der Waals surface area contributed by atoms with Crippen LogP contribution in [0, 0.1) is 3.57 Å². The van der Waals surface area contributed by atoms with Crippen molar-refractivity contribution in [3.8, 4) is 0 Å². The molecule has 1 aromatic rings. The Bertz CT molecular complexity index is 525. The van der Waals surface area contributed by atoms with Gasteiger partial charge < -0.3 is 14.9 Å². The van der Waals surface area contributed by atoms with E-state index in [2.05, 4.69) is 4.98 Å². The molecular weight excluding hydrogens is 340 g/mol. The first-order chi connectivity index (χ1) is 8.02. The van der Waals surface area contributed by atoms with Gasteiger partial charge in [-0.2, -0.15) is 0 Å². The predicted molar refractivity (Wildman–Crippen MR) is 65.7 cm³/mol. The first-order valence-electron chi connectivity index (χ1n) is 4.98. The molecule has 1 aliphatic rings. The first kappa shape index (κ1) is 12.7. The summed E-state index contributed by atoms with van der Waals surface area (Å²) >= 11 is 1.80. The van der Waals surface area contributed by atoms with Gasteiger partial charge >= 0.3 is 5.69 Å². The van der Waals surface area contributed by atoms with Gasteiger partial charge in [-0.25, -0.2) is 4.79 Å². The number of nitrogens with one attached hydrogen (secondary N) is 1. The molecule has 7 nitrogen and oxygen atoms in total. The SMILES string of the molecule is O=c1[nH]c(=O)n([C@H]2C[C@H](O)[C@@H](CO)O2)cc1[124I]. The number of H-pyrrole nitrogens is 1. The maximum atomic E-state index is 11.6. The number of rotatable bonds is 2. The molecule has 2 heterocycles. The number of halogens is 1. The maximum absolute atomic E-state index is 11.6. The minimum atomic E-state index is -0.818. The molecule has 8 heteroatoms. The molecule has 2 rings (SSSR count). The number of hydrogen-bond acceptors (Lipinski definition) is 5. The zero-order chi connectivity index (χ0) is 12.6. The van der Waals surface area contributed by atoms with Crippen LogP contribution in [0.1, 0.15) is 12.6 Å². The fraction of sp³-hybridized carbons (Fsp3) is 0.556. The van der Waals surface area contributed by atoms with Crippen molar-refractivity contribution in [3.05, 3.63) is 30.6 Å². The second-order valence-corrected chi connectivity index (χ2v) is 4.92. The largest absolute Gasteiger partial charge is 0.394 e. The molecule has 0 saturated carbocycles. The van der Waals surface area contributed by atoms with Crippen molar-refractivity contribution in [1.29, 1.82) is 0 Å². The van der Waals surface area contributed by atoms with E-state index in [1.807, 2.05) is 0 Å². The van der Waals surface area contributed by atoms with Gasteiger partial charge in [-0.05, 0) is 22.6 Å². The lowest BCUT2D eigenvalue weighted by Gasteiger charge is -2.14. The van der Waals surface area contributed by atoms with E-state index in [9.17, 15) is 14.7 Å². The second kappa shape index (κ2) is 4.88. The summed E-state index contributed by atoms with van der Waals surface area (Å²) in [4.78, 5) is 24.9. The van der Waals surface area contributed by atoms with Crippen molar-refractivity contribution < 1.29 is 14.9 Å². The molecule has 0 aromatic carbocycles. The molecule has 94 valence electrons. The Hall–Kier alpha value is -0.710. The van der Waals surface area contributed by atoms with Gasteiger partial charge in [0, 0.05) is 12.6 Å². The number of hydrogen-bond donors (Lipinski definition) is 3. The van der Waals surface area contributed by atoms with Gasteiger partial charge in [-0.15, -0.1) is 0 Å². The smallest absolute Gasteiger partial charge is 0.330 e. The molecule has 0 spiro atoms. The number of aromatic nitrogens is 2. The highest BCUT2D eigenvalue weighted by Crippen LogP contribution is 2.27. The predicted octanol–water partition coefficient (Wildman–Crippen LogP) is -1.22. The van der Waals surface area contributed by atoms with Crippen molar-refractivity contribution in [2.24, 2.45) is 0 Å². The number of ether oxygens (including phenoxy) is 1. The van der Waals surface area contributed by atoms with Crippen molar-refractivity contribution in [3.63, 3.8) is 0 Å². The Morgan fingerprint density at radius 1 is 1.59 bits per heavy atom. The van der Waals surface area contributed by atoms with E-state index in [1.54, 1.807) is 22.6 Å². The summed E-state index contributed by atoms with van der Waals surface area (Å²) in [5.41, 5.74) is -1.05. The molecule has 0 bridgehead atoms. The molecule has 0 unspecified atom stereocenters. The Kier molecular flexibility index (Phi) is 3.66. The zero-order valence-electron chi connectivity index (χ0n) is 8.67. The van der Waals surface area contributed by atoms with Crippen molar-refractivity contribution in [2.45, 2.75) is 24.9 Å². The molecule has 0 aliphatic carbocycles. The number of aliphatic hydroxyl groups is 2. The van der Waals surface area contributed by atoms with Crippen LogP contribution in [-0.2, 0) is 4.74 Å². The standard InChI is InChI=1S/C9H11IN2O5/c10-4-2-12(9(16)11-8(4)15)7-1-5(14)6(3-13)17-7/h2,5-7,13-14H,1,3H2,(H,11,15,16)/t5-,6+,7+/m0/s1/i10-3. The summed E-state index contributed by atoms with van der Waals surface area (Å²) in [6, 6.07) is 0. The first-order valence-corrected chi connectivity index (χ1v) is 6.06. The summed E-state index contributed by atoms with van der Waals surface area (Å²) in [5, 5.41) is 18.5. The third kappa shape index (κ3) is 2.44. The fourth-order valence-electron chi connectivity index (χ4n) is 1.72. The van der Waals surface area contributed by atoms with Gasteiger partial charge in [0.05, 0.1) is 16.3 Å². The summed E-state index contributed by atoms with van der Waals surface area (Å²) < 4.78 is 6.89. The van der Waals surface area contributed by atoms with E-state index in [1.165, 1.54) is 10.8 Å². The molecule has 3 N–H and O–H groups in total. The topological polar surface area (TPSA) is 105 Å². The normalized spacial score (nSPS) is 28.5. The molecular formula is C9H11IN2O5. The van der Waals surface area contributed by atoms with Crippen LogP contribution in [0.2, 0.25) is 0 Å². The molecule has 1 aliphatic heterocycles. The summed E-state index contributed by atoms with van der Waals surface area (Å²) in [6.45, 7) is -0.313. The van der Waals surface area contributed by atoms with Gasteiger partial charge in [-0.1, -0.05) is 0 Å². The van der Waals surface area contributed by atoms with E-state index in [4.69, 9.17) is 9.84 Å². The lowest BCUT2D eigenvalue weighted by Crippen LogP contribution is -2.33. The zero-order valence-corrected chi connectivity index (χ0v) is 10.8. The van der Waals surface area contributed by atoms with E-state index < -0.39 is 29.7 Å². The lowest BCUT2D eigenvalue weighted by atomic mass is 10.2. The third-order valence-corrected chi connectivity index (χ3v) is 3.39.